The summed E-state index contributed by atoms with van der Waals surface area (Å²) in [7, 11) is 0. The number of carbonyl (C=O) groups excluding carboxylic acids is 3. The number of hydrogen-bond donors (Lipinski definition) is 1. The number of thioether (sulfide) groups is 1. The van der Waals surface area contributed by atoms with Crippen molar-refractivity contribution in [3.8, 4) is 5.75 Å². The number of benzene rings is 2. The molecule has 0 saturated carbocycles. The van der Waals surface area contributed by atoms with Gasteiger partial charge in [0.15, 0.2) is 0 Å². The zero-order chi connectivity index (χ0) is 20.2. The summed E-state index contributed by atoms with van der Waals surface area (Å²) in [5.74, 6) is 0.282. The average Bonchev–Trinajstić information content (AvgIpc) is 3.44. The maximum absolute atomic E-state index is 12.0. The summed E-state index contributed by atoms with van der Waals surface area (Å²) in [6.07, 6.45) is 1.31. The molecule has 3 amide bonds. The third-order valence-corrected chi connectivity index (χ3v) is 5.23. The van der Waals surface area contributed by atoms with Crippen LogP contribution < -0.4 is 10.1 Å². The highest BCUT2D eigenvalue weighted by Gasteiger charge is 2.40. The minimum Gasteiger partial charge on any atom is -0.491 e. The highest BCUT2D eigenvalue weighted by molar-refractivity contribution is 8.18. The summed E-state index contributed by atoms with van der Waals surface area (Å²) in [6.45, 7) is 1.24. The Bertz CT molecular complexity index is 959. The first-order chi connectivity index (χ1) is 14.1. The Morgan fingerprint density at radius 1 is 1.14 bits per heavy atom. The van der Waals surface area contributed by atoms with Crippen LogP contribution in [0.1, 0.15) is 11.1 Å². The van der Waals surface area contributed by atoms with Crippen LogP contribution in [0.4, 0.5) is 9.59 Å². The second-order valence-electron chi connectivity index (χ2n) is 6.58. The van der Waals surface area contributed by atoms with Gasteiger partial charge in [-0.25, -0.2) is 4.79 Å². The lowest BCUT2D eigenvalue weighted by Crippen LogP contribution is -2.18. The molecule has 8 heteroatoms. The molecular formula is C21H18N2O5S. The first-order valence-corrected chi connectivity index (χ1v) is 9.85. The summed E-state index contributed by atoms with van der Waals surface area (Å²) in [6, 6.07) is 16.7. The van der Waals surface area contributed by atoms with Gasteiger partial charge in [-0.05, 0) is 41.1 Å². The van der Waals surface area contributed by atoms with Crippen molar-refractivity contribution < 1.29 is 23.9 Å². The fourth-order valence-corrected chi connectivity index (χ4v) is 3.46. The van der Waals surface area contributed by atoms with Crippen LogP contribution in [0.2, 0.25) is 0 Å². The monoisotopic (exact) mass is 410 g/mol. The Morgan fingerprint density at radius 2 is 1.90 bits per heavy atom. The van der Waals surface area contributed by atoms with Crippen molar-refractivity contribution in [2.45, 2.75) is 12.6 Å². The molecular weight excluding hydrogens is 392 g/mol. The number of ether oxygens (including phenoxy) is 2. The Morgan fingerprint density at radius 3 is 2.59 bits per heavy atom. The van der Waals surface area contributed by atoms with Crippen molar-refractivity contribution >= 4 is 35.1 Å². The molecule has 0 unspecified atom stereocenters. The molecule has 1 N–H and O–H groups in total. The fourth-order valence-electron chi connectivity index (χ4n) is 2.77. The molecule has 0 radical (unpaired) electrons. The average molecular weight is 410 g/mol. The fraction of sp³-hybridized carbons (Fsp3) is 0.190. The minimum absolute atomic E-state index is 0.00432. The Balaban J connectivity index is 1.22. The van der Waals surface area contributed by atoms with E-state index in [1.807, 2.05) is 30.3 Å². The zero-order valence-corrected chi connectivity index (χ0v) is 16.2. The second kappa shape index (κ2) is 8.40. The Hall–Kier alpha value is -3.26. The van der Waals surface area contributed by atoms with E-state index in [1.54, 1.807) is 35.2 Å². The molecule has 7 nitrogen and oxygen atoms in total. The molecule has 2 aromatic carbocycles. The van der Waals surface area contributed by atoms with E-state index in [0.717, 1.165) is 22.9 Å². The van der Waals surface area contributed by atoms with Crippen LogP contribution in [0, 0.1) is 0 Å². The molecule has 0 bridgehead atoms. The van der Waals surface area contributed by atoms with Crippen molar-refractivity contribution in [3.63, 3.8) is 0 Å². The van der Waals surface area contributed by atoms with E-state index < -0.39 is 0 Å². The van der Waals surface area contributed by atoms with Gasteiger partial charge in [0.05, 0.1) is 10.9 Å². The summed E-state index contributed by atoms with van der Waals surface area (Å²) < 4.78 is 11.0. The summed E-state index contributed by atoms with van der Waals surface area (Å²) in [5.41, 5.74) is 1.74. The lowest BCUT2D eigenvalue weighted by atomic mass is 10.2. The van der Waals surface area contributed by atoms with E-state index in [9.17, 15) is 14.4 Å². The quantitative estimate of drug-likeness (QED) is 0.580. The highest BCUT2D eigenvalue weighted by Crippen LogP contribution is 2.26. The highest BCUT2D eigenvalue weighted by atomic mass is 32.2. The predicted octanol–water partition coefficient (Wildman–Crippen LogP) is 3.41. The van der Waals surface area contributed by atoms with Gasteiger partial charge in [-0.15, -0.1) is 0 Å². The van der Waals surface area contributed by atoms with Crippen LogP contribution in [0.3, 0.4) is 0 Å². The summed E-state index contributed by atoms with van der Waals surface area (Å²) in [5, 5.41) is 1.86. The summed E-state index contributed by atoms with van der Waals surface area (Å²) >= 11 is 0.881. The van der Waals surface area contributed by atoms with Gasteiger partial charge >= 0.3 is 6.09 Å². The van der Waals surface area contributed by atoms with E-state index in [1.165, 1.54) is 0 Å². The van der Waals surface area contributed by atoms with Crippen molar-refractivity contribution in [2.75, 3.05) is 13.2 Å². The molecule has 2 saturated heterocycles. The molecule has 148 valence electrons. The number of nitrogens with one attached hydrogen (secondary N) is 1. The predicted molar refractivity (Wildman–Crippen MR) is 108 cm³/mol. The SMILES string of the molecule is O=C1NC(=O)C(=Cc2ccc(OC[C@H]3CN3C(=O)OCc3ccccc3)cc2)S1. The largest absolute Gasteiger partial charge is 0.491 e. The second-order valence-corrected chi connectivity index (χ2v) is 7.59. The molecule has 2 heterocycles. The van der Waals surface area contributed by atoms with Crippen molar-refractivity contribution in [1.82, 2.24) is 10.2 Å². The van der Waals surface area contributed by atoms with E-state index in [4.69, 9.17) is 9.47 Å². The maximum Gasteiger partial charge on any atom is 0.410 e. The van der Waals surface area contributed by atoms with Crippen molar-refractivity contribution in [1.29, 1.82) is 0 Å². The van der Waals surface area contributed by atoms with Gasteiger partial charge in [0.2, 0.25) is 0 Å². The Kier molecular flexibility index (Phi) is 5.53. The first-order valence-electron chi connectivity index (χ1n) is 9.03. The number of carbonyl (C=O) groups is 3. The van der Waals surface area contributed by atoms with E-state index >= 15 is 0 Å². The number of amides is 3. The molecule has 4 rings (SSSR count). The van der Waals surface area contributed by atoms with Crippen LogP contribution in [0.15, 0.2) is 59.5 Å². The molecule has 2 fully saturated rings. The topological polar surface area (TPSA) is 84.7 Å². The van der Waals surface area contributed by atoms with Crippen LogP contribution in [0.5, 0.6) is 5.75 Å². The van der Waals surface area contributed by atoms with Gasteiger partial charge in [0, 0.05) is 6.54 Å². The van der Waals surface area contributed by atoms with Crippen LogP contribution in [-0.2, 0) is 16.1 Å². The Labute approximate surface area is 171 Å². The molecule has 0 spiro atoms. The zero-order valence-electron chi connectivity index (χ0n) is 15.4. The van der Waals surface area contributed by atoms with Crippen LogP contribution in [0.25, 0.3) is 6.08 Å². The molecule has 2 aliphatic heterocycles. The van der Waals surface area contributed by atoms with Gasteiger partial charge in [-0.1, -0.05) is 42.5 Å². The number of hydrogen-bond acceptors (Lipinski definition) is 6. The molecule has 1 atom stereocenters. The van der Waals surface area contributed by atoms with Crippen molar-refractivity contribution in [2.24, 2.45) is 0 Å². The van der Waals surface area contributed by atoms with Crippen molar-refractivity contribution in [3.05, 3.63) is 70.6 Å². The number of imide groups is 1. The lowest BCUT2D eigenvalue weighted by molar-refractivity contribution is -0.115. The molecule has 29 heavy (non-hydrogen) atoms. The van der Waals surface area contributed by atoms with Gasteiger partial charge in [-0.2, -0.15) is 0 Å². The third-order valence-electron chi connectivity index (χ3n) is 4.42. The third kappa shape index (κ3) is 4.97. The normalized spacial score (nSPS) is 19.2. The lowest BCUT2D eigenvalue weighted by Gasteiger charge is -2.08. The van der Waals surface area contributed by atoms with Gasteiger partial charge in [-0.3, -0.25) is 19.8 Å². The molecule has 0 aliphatic carbocycles. The van der Waals surface area contributed by atoms with Gasteiger partial charge in [0.25, 0.3) is 11.1 Å². The summed E-state index contributed by atoms with van der Waals surface area (Å²) in [4.78, 5) is 36.8. The number of nitrogens with zero attached hydrogens (tertiary/aromatic N) is 1. The van der Waals surface area contributed by atoms with E-state index in [2.05, 4.69) is 5.32 Å². The standard InChI is InChI=1S/C21H18N2O5S/c24-19-18(29-20(25)22-19)10-14-6-8-17(9-7-14)27-13-16-11-23(16)21(26)28-12-15-4-2-1-3-5-15/h1-10,16H,11-13H2,(H,22,24,25)/t16-,23?/m1/s1. The molecule has 2 aromatic rings. The van der Waals surface area contributed by atoms with Crippen LogP contribution in [-0.4, -0.2) is 41.3 Å². The minimum atomic E-state index is -0.381. The molecule has 2 aliphatic rings. The van der Waals surface area contributed by atoms with Crippen LogP contribution >= 0.6 is 11.8 Å². The van der Waals surface area contributed by atoms with Gasteiger partial charge < -0.3 is 9.47 Å². The maximum atomic E-state index is 12.0. The molecule has 0 aromatic heterocycles. The number of rotatable bonds is 6. The van der Waals surface area contributed by atoms with E-state index in [-0.39, 0.29) is 29.9 Å². The van der Waals surface area contributed by atoms with E-state index in [0.29, 0.717) is 23.8 Å². The first kappa shape index (κ1) is 19.1. The smallest absolute Gasteiger partial charge is 0.410 e. The van der Waals surface area contributed by atoms with Gasteiger partial charge in [0.1, 0.15) is 19.0 Å².